The molecule has 1 saturated heterocycles. The van der Waals surface area contributed by atoms with Gasteiger partial charge in [-0.2, -0.15) is 0 Å². The van der Waals surface area contributed by atoms with Crippen molar-refractivity contribution in [2.45, 2.75) is 32.2 Å². The number of rotatable bonds is 2. The van der Waals surface area contributed by atoms with Gasteiger partial charge in [-0.25, -0.2) is 0 Å². The molecular weight excluding hydrogens is 202 g/mol. The van der Waals surface area contributed by atoms with Gasteiger partial charge in [-0.3, -0.25) is 4.79 Å². The first-order chi connectivity index (χ1) is 7.68. The molecule has 0 spiro atoms. The largest absolute Gasteiger partial charge is 0.508 e. The molecule has 0 aromatic heterocycles. The normalized spacial score (nSPS) is 20.1. The summed E-state index contributed by atoms with van der Waals surface area (Å²) in [6.07, 6.45) is 2.48. The predicted octanol–water partition coefficient (Wildman–Crippen LogP) is 1.95. The molecule has 1 aromatic rings. The summed E-state index contributed by atoms with van der Waals surface area (Å²) < 4.78 is 0. The summed E-state index contributed by atoms with van der Waals surface area (Å²) in [5.41, 5.74) is 0.714. The molecule has 86 valence electrons. The molecule has 3 nitrogen and oxygen atoms in total. The highest BCUT2D eigenvalue weighted by Gasteiger charge is 2.25. The fourth-order valence-electron chi connectivity index (χ4n) is 2.23. The molecule has 1 atom stereocenters. The van der Waals surface area contributed by atoms with Gasteiger partial charge in [0.2, 0.25) is 5.91 Å². The lowest BCUT2D eigenvalue weighted by Crippen LogP contribution is -2.34. The maximum Gasteiger partial charge on any atom is 0.227 e. The van der Waals surface area contributed by atoms with E-state index in [-0.39, 0.29) is 11.7 Å². The molecule has 1 N–H and O–H groups in total. The van der Waals surface area contributed by atoms with Crippen LogP contribution in [0.5, 0.6) is 5.75 Å². The molecular formula is C13H17NO2. The molecule has 0 saturated carbocycles. The first-order valence-corrected chi connectivity index (χ1v) is 5.75. The molecule has 3 heteroatoms. The number of carbonyl (C=O) groups excluding carboxylic acids is 1. The van der Waals surface area contributed by atoms with E-state index < -0.39 is 0 Å². The van der Waals surface area contributed by atoms with Crippen LogP contribution in [0.4, 0.5) is 0 Å². The standard InChI is InChI=1S/C13H17NO2/c1-10-5-4-8-14(10)13(16)9-11-6-2-3-7-12(11)15/h2-3,6-7,10,15H,4-5,8-9H2,1H3. The Hall–Kier alpha value is -1.51. The second-order valence-electron chi connectivity index (χ2n) is 4.38. The minimum atomic E-state index is 0.117. The van der Waals surface area contributed by atoms with Crippen molar-refractivity contribution < 1.29 is 9.90 Å². The van der Waals surface area contributed by atoms with Crippen LogP contribution in [-0.2, 0) is 11.2 Å². The number of likely N-dealkylation sites (tertiary alicyclic amines) is 1. The maximum atomic E-state index is 12.0. The lowest BCUT2D eigenvalue weighted by Gasteiger charge is -2.21. The van der Waals surface area contributed by atoms with Gasteiger partial charge in [0.05, 0.1) is 6.42 Å². The fraction of sp³-hybridized carbons (Fsp3) is 0.462. The summed E-state index contributed by atoms with van der Waals surface area (Å²) in [6.45, 7) is 2.93. The molecule has 0 aliphatic carbocycles. The molecule has 1 fully saturated rings. The molecule has 1 heterocycles. The Kier molecular flexibility index (Phi) is 3.13. The van der Waals surface area contributed by atoms with Crippen LogP contribution in [0, 0.1) is 0 Å². The maximum absolute atomic E-state index is 12.0. The van der Waals surface area contributed by atoms with E-state index in [1.807, 2.05) is 11.0 Å². The van der Waals surface area contributed by atoms with Gasteiger partial charge in [0.25, 0.3) is 0 Å². The Morgan fingerprint density at radius 1 is 1.50 bits per heavy atom. The summed E-state index contributed by atoms with van der Waals surface area (Å²) in [6, 6.07) is 7.37. The average Bonchev–Trinajstić information content (AvgIpc) is 2.68. The highest BCUT2D eigenvalue weighted by molar-refractivity contribution is 5.80. The first-order valence-electron chi connectivity index (χ1n) is 5.75. The Labute approximate surface area is 95.7 Å². The molecule has 0 bridgehead atoms. The number of amides is 1. The van der Waals surface area contributed by atoms with Crippen molar-refractivity contribution in [3.63, 3.8) is 0 Å². The topological polar surface area (TPSA) is 40.5 Å². The summed E-state index contributed by atoms with van der Waals surface area (Å²) in [5, 5.41) is 9.60. The third-order valence-corrected chi connectivity index (χ3v) is 3.21. The summed E-state index contributed by atoms with van der Waals surface area (Å²) in [5.74, 6) is 0.328. The molecule has 1 aliphatic rings. The highest BCUT2D eigenvalue weighted by atomic mass is 16.3. The molecule has 2 rings (SSSR count). The van der Waals surface area contributed by atoms with Crippen LogP contribution in [0.25, 0.3) is 0 Å². The second-order valence-corrected chi connectivity index (χ2v) is 4.38. The van der Waals surface area contributed by atoms with Crippen LogP contribution in [0.2, 0.25) is 0 Å². The third kappa shape index (κ3) is 2.18. The van der Waals surface area contributed by atoms with Crippen LogP contribution < -0.4 is 0 Å². The lowest BCUT2D eigenvalue weighted by molar-refractivity contribution is -0.131. The number of aromatic hydroxyl groups is 1. The molecule has 1 aliphatic heterocycles. The second kappa shape index (κ2) is 4.56. The number of phenolic OH excluding ortho intramolecular Hbond substituents is 1. The zero-order valence-corrected chi connectivity index (χ0v) is 9.52. The van der Waals surface area contributed by atoms with Crippen LogP contribution in [0.1, 0.15) is 25.3 Å². The van der Waals surface area contributed by atoms with E-state index in [1.165, 1.54) is 0 Å². The number of benzene rings is 1. The summed E-state index contributed by atoms with van der Waals surface area (Å²) >= 11 is 0. The van der Waals surface area contributed by atoms with Gasteiger partial charge in [0, 0.05) is 18.2 Å². The number of nitrogens with zero attached hydrogens (tertiary/aromatic N) is 1. The van der Waals surface area contributed by atoms with Crippen molar-refractivity contribution in [1.29, 1.82) is 0 Å². The highest BCUT2D eigenvalue weighted by Crippen LogP contribution is 2.21. The minimum Gasteiger partial charge on any atom is -0.508 e. The van der Waals surface area contributed by atoms with Crippen molar-refractivity contribution >= 4 is 5.91 Å². The lowest BCUT2D eigenvalue weighted by atomic mass is 10.1. The van der Waals surface area contributed by atoms with Crippen LogP contribution in [0.15, 0.2) is 24.3 Å². The average molecular weight is 219 g/mol. The number of phenols is 1. The molecule has 16 heavy (non-hydrogen) atoms. The van der Waals surface area contributed by atoms with Gasteiger partial charge < -0.3 is 10.0 Å². The van der Waals surface area contributed by atoms with Gasteiger partial charge in [-0.05, 0) is 25.8 Å². The van der Waals surface area contributed by atoms with E-state index in [2.05, 4.69) is 6.92 Å². The molecule has 0 radical (unpaired) electrons. The Morgan fingerprint density at radius 2 is 2.25 bits per heavy atom. The van der Waals surface area contributed by atoms with Crippen molar-refractivity contribution in [3.05, 3.63) is 29.8 Å². The van der Waals surface area contributed by atoms with E-state index in [4.69, 9.17) is 0 Å². The van der Waals surface area contributed by atoms with Crippen LogP contribution in [-0.4, -0.2) is 28.5 Å². The van der Waals surface area contributed by atoms with E-state index in [9.17, 15) is 9.90 Å². The number of hydrogen-bond acceptors (Lipinski definition) is 2. The number of para-hydroxylation sites is 1. The van der Waals surface area contributed by atoms with Gasteiger partial charge in [-0.1, -0.05) is 18.2 Å². The molecule has 1 unspecified atom stereocenters. The van der Waals surface area contributed by atoms with Crippen LogP contribution >= 0.6 is 0 Å². The van der Waals surface area contributed by atoms with Crippen LogP contribution in [0.3, 0.4) is 0 Å². The van der Waals surface area contributed by atoms with Crippen molar-refractivity contribution in [2.75, 3.05) is 6.54 Å². The fourth-order valence-corrected chi connectivity index (χ4v) is 2.23. The van der Waals surface area contributed by atoms with Gasteiger partial charge in [-0.15, -0.1) is 0 Å². The Bertz CT molecular complexity index is 389. The van der Waals surface area contributed by atoms with E-state index >= 15 is 0 Å². The third-order valence-electron chi connectivity index (χ3n) is 3.21. The van der Waals surface area contributed by atoms with Gasteiger partial charge in [0.15, 0.2) is 0 Å². The van der Waals surface area contributed by atoms with Crippen molar-refractivity contribution in [3.8, 4) is 5.75 Å². The Balaban J connectivity index is 2.05. The Morgan fingerprint density at radius 3 is 2.88 bits per heavy atom. The minimum absolute atomic E-state index is 0.117. The number of hydrogen-bond donors (Lipinski definition) is 1. The first kappa shape index (κ1) is 11.0. The van der Waals surface area contributed by atoms with Gasteiger partial charge in [0.1, 0.15) is 5.75 Å². The smallest absolute Gasteiger partial charge is 0.227 e. The summed E-state index contributed by atoms with van der Waals surface area (Å²) in [7, 11) is 0. The van der Waals surface area contributed by atoms with E-state index in [1.54, 1.807) is 18.2 Å². The monoisotopic (exact) mass is 219 g/mol. The van der Waals surface area contributed by atoms with Crippen molar-refractivity contribution in [1.82, 2.24) is 4.90 Å². The molecule has 1 amide bonds. The van der Waals surface area contributed by atoms with E-state index in [0.717, 1.165) is 19.4 Å². The van der Waals surface area contributed by atoms with E-state index in [0.29, 0.717) is 18.0 Å². The molecule has 1 aromatic carbocycles. The van der Waals surface area contributed by atoms with Crippen molar-refractivity contribution in [2.24, 2.45) is 0 Å². The zero-order chi connectivity index (χ0) is 11.5. The number of carbonyl (C=O) groups is 1. The summed E-state index contributed by atoms with van der Waals surface area (Å²) in [4.78, 5) is 13.9. The zero-order valence-electron chi connectivity index (χ0n) is 9.52. The SMILES string of the molecule is CC1CCCN1C(=O)Cc1ccccc1O. The van der Waals surface area contributed by atoms with Gasteiger partial charge >= 0.3 is 0 Å². The quantitative estimate of drug-likeness (QED) is 0.825. The predicted molar refractivity (Wildman–Crippen MR) is 62.2 cm³/mol.